The molecule has 0 radical (unpaired) electrons. The Bertz CT molecular complexity index is 607. The first-order valence-electron chi connectivity index (χ1n) is 7.46. The third-order valence-electron chi connectivity index (χ3n) is 4.30. The molecule has 1 spiro atoms. The minimum Gasteiger partial charge on any atom is -0.388 e. The standard InChI is InChI=1S/C16H20N2O3S/c1-22(20)12-15(19)18-9-7-16(8-10-18)11-14(17-21-16)13-5-3-2-4-6-13/h2-6H,7-12H2,1H3. The summed E-state index contributed by atoms with van der Waals surface area (Å²) >= 11 is 0. The molecule has 0 N–H and O–H groups in total. The van der Waals surface area contributed by atoms with Crippen molar-refractivity contribution in [2.75, 3.05) is 25.1 Å². The fraction of sp³-hybridized carbons (Fsp3) is 0.500. The summed E-state index contributed by atoms with van der Waals surface area (Å²) in [6.07, 6.45) is 3.89. The molecular formula is C16H20N2O3S. The minimum atomic E-state index is -1.08. The maximum Gasteiger partial charge on any atom is 0.235 e. The smallest absolute Gasteiger partial charge is 0.235 e. The Kier molecular flexibility index (Phi) is 4.29. The first-order valence-corrected chi connectivity index (χ1v) is 9.19. The van der Waals surface area contributed by atoms with E-state index in [0.717, 1.165) is 30.5 Å². The van der Waals surface area contributed by atoms with Gasteiger partial charge in [0.05, 0.1) is 5.71 Å². The van der Waals surface area contributed by atoms with Crippen LogP contribution in [-0.2, 0) is 20.4 Å². The van der Waals surface area contributed by atoms with Crippen molar-refractivity contribution >= 4 is 22.4 Å². The van der Waals surface area contributed by atoms with E-state index in [9.17, 15) is 9.00 Å². The lowest BCUT2D eigenvalue weighted by atomic mass is 9.85. The van der Waals surface area contributed by atoms with Crippen molar-refractivity contribution in [2.24, 2.45) is 5.16 Å². The van der Waals surface area contributed by atoms with E-state index in [1.165, 1.54) is 0 Å². The van der Waals surface area contributed by atoms with E-state index < -0.39 is 10.8 Å². The van der Waals surface area contributed by atoms with E-state index in [4.69, 9.17) is 4.84 Å². The summed E-state index contributed by atoms with van der Waals surface area (Å²) in [5.74, 6) is 0.0810. The zero-order valence-electron chi connectivity index (χ0n) is 12.7. The molecule has 1 unspecified atom stereocenters. The van der Waals surface area contributed by atoms with Crippen molar-refractivity contribution in [3.63, 3.8) is 0 Å². The van der Waals surface area contributed by atoms with Gasteiger partial charge in [0.15, 0.2) is 0 Å². The van der Waals surface area contributed by atoms with Crippen LogP contribution in [0, 0.1) is 0 Å². The van der Waals surface area contributed by atoms with Crippen molar-refractivity contribution in [3.05, 3.63) is 35.9 Å². The summed E-state index contributed by atoms with van der Waals surface area (Å²) in [6, 6.07) is 10.0. The Balaban J connectivity index is 1.59. The molecule has 1 amide bonds. The van der Waals surface area contributed by atoms with E-state index in [1.807, 2.05) is 30.3 Å². The van der Waals surface area contributed by atoms with Gasteiger partial charge in [0.2, 0.25) is 5.91 Å². The summed E-state index contributed by atoms with van der Waals surface area (Å²) in [5.41, 5.74) is 1.81. The average molecular weight is 320 g/mol. The number of hydrogen-bond donors (Lipinski definition) is 0. The summed E-state index contributed by atoms with van der Waals surface area (Å²) in [7, 11) is -1.08. The molecule has 5 nitrogen and oxygen atoms in total. The van der Waals surface area contributed by atoms with Gasteiger partial charge < -0.3 is 9.74 Å². The second kappa shape index (κ2) is 6.20. The monoisotopic (exact) mass is 320 g/mol. The van der Waals surface area contributed by atoms with Gasteiger partial charge in [0, 0.05) is 49.4 Å². The summed E-state index contributed by atoms with van der Waals surface area (Å²) < 4.78 is 11.2. The number of likely N-dealkylation sites (tertiary alicyclic amines) is 1. The largest absolute Gasteiger partial charge is 0.388 e. The number of amides is 1. The second-order valence-corrected chi connectivity index (χ2v) is 7.39. The lowest BCUT2D eigenvalue weighted by molar-refractivity contribution is -0.134. The fourth-order valence-electron chi connectivity index (χ4n) is 3.00. The molecule has 2 aliphatic heterocycles. The Morgan fingerprint density at radius 1 is 1.32 bits per heavy atom. The molecular weight excluding hydrogens is 300 g/mol. The van der Waals surface area contributed by atoms with Crippen LogP contribution in [0.15, 0.2) is 35.5 Å². The van der Waals surface area contributed by atoms with E-state index in [-0.39, 0.29) is 17.3 Å². The van der Waals surface area contributed by atoms with Crippen LogP contribution >= 0.6 is 0 Å². The van der Waals surface area contributed by atoms with Crippen molar-refractivity contribution in [3.8, 4) is 0 Å². The number of hydrogen-bond acceptors (Lipinski definition) is 4. The molecule has 1 atom stereocenters. The highest BCUT2D eigenvalue weighted by Crippen LogP contribution is 2.36. The predicted octanol–water partition coefficient (Wildman–Crippen LogP) is 1.55. The molecule has 1 saturated heterocycles. The summed E-state index contributed by atoms with van der Waals surface area (Å²) in [5, 5.41) is 4.27. The second-order valence-electron chi connectivity index (χ2n) is 5.95. The molecule has 2 heterocycles. The Labute approximate surface area is 132 Å². The van der Waals surface area contributed by atoms with Gasteiger partial charge in [-0.1, -0.05) is 35.5 Å². The van der Waals surface area contributed by atoms with Crippen LogP contribution in [0.1, 0.15) is 24.8 Å². The van der Waals surface area contributed by atoms with Crippen LogP contribution in [0.2, 0.25) is 0 Å². The summed E-state index contributed by atoms with van der Waals surface area (Å²) in [4.78, 5) is 19.5. The van der Waals surface area contributed by atoms with Crippen molar-refractivity contribution in [1.82, 2.24) is 4.90 Å². The highest BCUT2D eigenvalue weighted by atomic mass is 32.2. The normalized spacial score (nSPS) is 21.3. The number of oxime groups is 1. The Morgan fingerprint density at radius 3 is 2.64 bits per heavy atom. The van der Waals surface area contributed by atoms with Gasteiger partial charge >= 0.3 is 0 Å². The highest BCUT2D eigenvalue weighted by molar-refractivity contribution is 7.85. The van der Waals surface area contributed by atoms with E-state index in [1.54, 1.807) is 11.2 Å². The first kappa shape index (κ1) is 15.2. The van der Waals surface area contributed by atoms with Crippen LogP contribution in [0.3, 0.4) is 0 Å². The van der Waals surface area contributed by atoms with Gasteiger partial charge in [-0.25, -0.2) is 0 Å². The van der Waals surface area contributed by atoms with Crippen LogP contribution in [-0.4, -0.2) is 51.4 Å². The number of rotatable bonds is 3. The first-order chi connectivity index (χ1) is 10.6. The zero-order chi connectivity index (χ0) is 15.6. The van der Waals surface area contributed by atoms with Gasteiger partial charge in [-0.05, 0) is 5.56 Å². The Hall–Kier alpha value is -1.69. The Morgan fingerprint density at radius 2 is 2.00 bits per heavy atom. The maximum absolute atomic E-state index is 12.0. The lowest BCUT2D eigenvalue weighted by Gasteiger charge is -2.37. The van der Waals surface area contributed by atoms with Gasteiger partial charge in [-0.15, -0.1) is 0 Å². The molecule has 118 valence electrons. The highest BCUT2D eigenvalue weighted by Gasteiger charge is 2.43. The number of carbonyl (C=O) groups is 1. The third-order valence-corrected chi connectivity index (χ3v) is 4.95. The van der Waals surface area contributed by atoms with E-state index >= 15 is 0 Å². The number of carbonyl (C=O) groups excluding carboxylic acids is 1. The number of benzene rings is 1. The van der Waals surface area contributed by atoms with Crippen molar-refractivity contribution < 1.29 is 13.8 Å². The van der Waals surface area contributed by atoms with Gasteiger partial charge in [-0.2, -0.15) is 0 Å². The van der Waals surface area contributed by atoms with Gasteiger partial charge in [-0.3, -0.25) is 9.00 Å². The molecule has 1 aromatic rings. The lowest BCUT2D eigenvalue weighted by Crippen LogP contribution is -2.47. The van der Waals surface area contributed by atoms with Crippen LogP contribution < -0.4 is 0 Å². The molecule has 0 aromatic heterocycles. The fourth-order valence-corrected chi connectivity index (χ4v) is 3.53. The number of piperidine rings is 1. The van der Waals surface area contributed by atoms with Gasteiger partial charge in [0.25, 0.3) is 0 Å². The summed E-state index contributed by atoms with van der Waals surface area (Å²) in [6.45, 7) is 1.29. The molecule has 6 heteroatoms. The van der Waals surface area contributed by atoms with E-state index in [0.29, 0.717) is 13.1 Å². The molecule has 2 aliphatic rings. The zero-order valence-corrected chi connectivity index (χ0v) is 13.5. The molecule has 22 heavy (non-hydrogen) atoms. The SMILES string of the molecule is CS(=O)CC(=O)N1CCC2(CC1)CC(c1ccccc1)=NO2. The molecule has 0 saturated carbocycles. The molecule has 0 bridgehead atoms. The topological polar surface area (TPSA) is 59.0 Å². The quantitative estimate of drug-likeness (QED) is 0.849. The predicted molar refractivity (Wildman–Crippen MR) is 86.2 cm³/mol. The van der Waals surface area contributed by atoms with Gasteiger partial charge in [0.1, 0.15) is 11.4 Å². The molecule has 1 aromatic carbocycles. The van der Waals surface area contributed by atoms with Crippen molar-refractivity contribution in [2.45, 2.75) is 24.9 Å². The van der Waals surface area contributed by atoms with Crippen LogP contribution in [0.5, 0.6) is 0 Å². The maximum atomic E-state index is 12.0. The van der Waals surface area contributed by atoms with Crippen LogP contribution in [0.4, 0.5) is 0 Å². The average Bonchev–Trinajstić information content (AvgIpc) is 2.92. The minimum absolute atomic E-state index is 0.0297. The molecule has 1 fully saturated rings. The number of nitrogens with zero attached hydrogens (tertiary/aromatic N) is 2. The van der Waals surface area contributed by atoms with Crippen molar-refractivity contribution in [1.29, 1.82) is 0 Å². The third kappa shape index (κ3) is 3.21. The molecule has 0 aliphatic carbocycles. The molecule has 3 rings (SSSR count). The van der Waals surface area contributed by atoms with E-state index in [2.05, 4.69) is 5.16 Å². The van der Waals surface area contributed by atoms with Crippen LogP contribution in [0.25, 0.3) is 0 Å².